The molecule has 0 radical (unpaired) electrons. The van der Waals surface area contributed by atoms with E-state index in [2.05, 4.69) is 16.0 Å². The highest BCUT2D eigenvalue weighted by Crippen LogP contribution is 2.22. The quantitative estimate of drug-likeness (QED) is 0.609. The van der Waals surface area contributed by atoms with Gasteiger partial charge >= 0.3 is 6.03 Å². The topological polar surface area (TPSA) is 70.2 Å². The Balaban J connectivity index is 1.53. The van der Waals surface area contributed by atoms with Crippen LogP contribution in [0.5, 0.6) is 0 Å². The van der Waals surface area contributed by atoms with Gasteiger partial charge in [-0.1, -0.05) is 18.2 Å². The number of rotatable bonds is 5. The van der Waals surface area contributed by atoms with Crippen molar-refractivity contribution in [2.24, 2.45) is 0 Å². The molecule has 7 heteroatoms. The minimum Gasteiger partial charge on any atom is -0.346 e. The number of hydrogen-bond donors (Lipinski definition) is 3. The number of thiophene rings is 2. The van der Waals surface area contributed by atoms with Gasteiger partial charge in [0.2, 0.25) is 0 Å². The van der Waals surface area contributed by atoms with E-state index in [1.807, 2.05) is 36.6 Å². The molecule has 3 amide bonds. The molecule has 25 heavy (non-hydrogen) atoms. The molecule has 1 aromatic carbocycles. The van der Waals surface area contributed by atoms with E-state index < -0.39 is 0 Å². The number of carbonyl (C=O) groups excluding carboxylic acids is 2. The van der Waals surface area contributed by atoms with Gasteiger partial charge in [0, 0.05) is 10.6 Å². The van der Waals surface area contributed by atoms with E-state index >= 15 is 0 Å². The highest BCUT2D eigenvalue weighted by Gasteiger charge is 2.11. The number of urea groups is 1. The van der Waals surface area contributed by atoms with Crippen molar-refractivity contribution in [3.8, 4) is 0 Å². The van der Waals surface area contributed by atoms with E-state index in [0.29, 0.717) is 22.1 Å². The number of para-hydroxylation sites is 1. The van der Waals surface area contributed by atoms with E-state index in [1.54, 1.807) is 35.6 Å². The van der Waals surface area contributed by atoms with Crippen molar-refractivity contribution >= 4 is 45.3 Å². The minimum atomic E-state index is -0.339. The Morgan fingerprint density at radius 2 is 1.80 bits per heavy atom. The summed E-state index contributed by atoms with van der Waals surface area (Å²) in [6.07, 6.45) is 0. The van der Waals surface area contributed by atoms with Crippen LogP contribution in [0.25, 0.3) is 0 Å². The maximum atomic E-state index is 12.2. The lowest BCUT2D eigenvalue weighted by Crippen LogP contribution is -2.21. The summed E-state index contributed by atoms with van der Waals surface area (Å²) in [7, 11) is 0. The molecule has 0 aliphatic rings. The molecule has 0 aliphatic carbocycles. The molecule has 3 rings (SSSR count). The van der Waals surface area contributed by atoms with E-state index in [0.717, 1.165) is 4.88 Å². The average Bonchev–Trinajstić information content (AvgIpc) is 3.22. The molecule has 0 unspecified atom stereocenters. The van der Waals surface area contributed by atoms with Crippen LogP contribution in [0.4, 0.5) is 15.5 Å². The number of amides is 3. The number of benzene rings is 1. The zero-order valence-corrected chi connectivity index (χ0v) is 15.2. The smallest absolute Gasteiger partial charge is 0.324 e. The summed E-state index contributed by atoms with van der Waals surface area (Å²) in [5.74, 6) is -0.144. The van der Waals surface area contributed by atoms with Crippen LogP contribution in [0.3, 0.4) is 0 Å². The van der Waals surface area contributed by atoms with Gasteiger partial charge < -0.3 is 10.6 Å². The lowest BCUT2D eigenvalue weighted by Gasteiger charge is -2.05. The van der Waals surface area contributed by atoms with Crippen LogP contribution in [0.15, 0.2) is 53.9 Å². The Hall–Kier alpha value is -2.64. The average molecular weight is 371 g/mol. The molecule has 0 bridgehead atoms. The standard InChI is InChI=1S/C18H17N3O2S2/c1-12-9-10-24-15(12)11-19-17(22)14-7-8-16(25-14)21-18(23)20-13-5-3-2-4-6-13/h2-10H,11H2,1H3,(H,19,22)(H2,20,21,23). The monoisotopic (exact) mass is 371 g/mol. The Morgan fingerprint density at radius 1 is 1.00 bits per heavy atom. The second-order valence-electron chi connectivity index (χ2n) is 5.32. The van der Waals surface area contributed by atoms with Gasteiger partial charge in [0.1, 0.15) is 0 Å². The van der Waals surface area contributed by atoms with Gasteiger partial charge in [0.15, 0.2) is 0 Å². The highest BCUT2D eigenvalue weighted by molar-refractivity contribution is 7.18. The molecule has 0 saturated carbocycles. The third-order valence-corrected chi connectivity index (χ3v) is 5.50. The fourth-order valence-corrected chi connectivity index (χ4v) is 3.82. The predicted molar refractivity (Wildman–Crippen MR) is 104 cm³/mol. The van der Waals surface area contributed by atoms with Gasteiger partial charge in [-0.15, -0.1) is 22.7 Å². The second-order valence-corrected chi connectivity index (χ2v) is 7.40. The number of aryl methyl sites for hydroxylation is 1. The van der Waals surface area contributed by atoms with Crippen molar-refractivity contribution < 1.29 is 9.59 Å². The Bertz CT molecular complexity index is 871. The van der Waals surface area contributed by atoms with Crippen LogP contribution in [-0.4, -0.2) is 11.9 Å². The van der Waals surface area contributed by atoms with E-state index in [9.17, 15) is 9.59 Å². The second kappa shape index (κ2) is 7.96. The van der Waals surface area contributed by atoms with Gasteiger partial charge in [-0.2, -0.15) is 0 Å². The predicted octanol–water partition coefficient (Wildman–Crippen LogP) is 4.69. The van der Waals surface area contributed by atoms with Crippen LogP contribution >= 0.6 is 22.7 Å². The summed E-state index contributed by atoms with van der Waals surface area (Å²) in [6, 6.07) is 14.3. The van der Waals surface area contributed by atoms with Crippen LogP contribution < -0.4 is 16.0 Å². The van der Waals surface area contributed by atoms with Crippen molar-refractivity contribution in [2.45, 2.75) is 13.5 Å². The van der Waals surface area contributed by atoms with Crippen LogP contribution in [0.1, 0.15) is 20.1 Å². The van der Waals surface area contributed by atoms with Crippen molar-refractivity contribution in [2.75, 3.05) is 10.6 Å². The lowest BCUT2D eigenvalue weighted by molar-refractivity contribution is 0.0955. The molecule has 0 atom stereocenters. The molecule has 0 spiro atoms. The Labute approximate surface area is 153 Å². The van der Waals surface area contributed by atoms with E-state index in [4.69, 9.17) is 0 Å². The highest BCUT2D eigenvalue weighted by atomic mass is 32.1. The molecular formula is C18H17N3O2S2. The molecular weight excluding hydrogens is 354 g/mol. The van der Waals surface area contributed by atoms with Crippen LogP contribution in [0, 0.1) is 6.92 Å². The summed E-state index contributed by atoms with van der Waals surface area (Å²) in [6.45, 7) is 2.54. The third kappa shape index (κ3) is 4.68. The molecule has 2 heterocycles. The lowest BCUT2D eigenvalue weighted by atomic mass is 10.3. The largest absolute Gasteiger partial charge is 0.346 e. The summed E-state index contributed by atoms with van der Waals surface area (Å²) >= 11 is 2.87. The molecule has 0 aliphatic heterocycles. The van der Waals surface area contributed by atoms with Gasteiger partial charge in [0.25, 0.3) is 5.91 Å². The number of hydrogen-bond acceptors (Lipinski definition) is 4. The molecule has 5 nitrogen and oxygen atoms in total. The summed E-state index contributed by atoms with van der Waals surface area (Å²) in [5.41, 5.74) is 1.89. The normalized spacial score (nSPS) is 10.3. The Morgan fingerprint density at radius 3 is 2.52 bits per heavy atom. The van der Waals surface area contributed by atoms with Crippen LogP contribution in [-0.2, 0) is 6.54 Å². The van der Waals surface area contributed by atoms with Crippen molar-refractivity contribution in [3.63, 3.8) is 0 Å². The first-order valence-electron chi connectivity index (χ1n) is 7.66. The van der Waals surface area contributed by atoms with Crippen LogP contribution in [0.2, 0.25) is 0 Å². The van der Waals surface area contributed by atoms with Gasteiger partial charge in [-0.05, 0) is 48.2 Å². The van der Waals surface area contributed by atoms with Gasteiger partial charge in [-0.25, -0.2) is 4.79 Å². The van der Waals surface area contributed by atoms with Crippen molar-refractivity contribution in [1.82, 2.24) is 5.32 Å². The molecule has 0 saturated heterocycles. The molecule has 3 N–H and O–H groups in total. The first-order chi connectivity index (χ1) is 12.1. The van der Waals surface area contributed by atoms with Gasteiger partial charge in [0.05, 0.1) is 16.4 Å². The van der Waals surface area contributed by atoms with E-state index in [1.165, 1.54) is 16.9 Å². The molecule has 2 aromatic heterocycles. The first kappa shape index (κ1) is 17.2. The van der Waals surface area contributed by atoms with Crippen molar-refractivity contribution in [1.29, 1.82) is 0 Å². The first-order valence-corrected chi connectivity index (χ1v) is 9.35. The fourth-order valence-electron chi connectivity index (χ4n) is 2.16. The van der Waals surface area contributed by atoms with E-state index in [-0.39, 0.29) is 11.9 Å². The maximum Gasteiger partial charge on any atom is 0.324 e. The minimum absolute atomic E-state index is 0.144. The number of carbonyl (C=O) groups is 2. The molecule has 3 aromatic rings. The zero-order valence-electron chi connectivity index (χ0n) is 13.5. The fraction of sp³-hybridized carbons (Fsp3) is 0.111. The zero-order chi connectivity index (χ0) is 17.6. The van der Waals surface area contributed by atoms with Crippen molar-refractivity contribution in [3.05, 3.63) is 69.2 Å². The summed E-state index contributed by atoms with van der Waals surface area (Å²) in [5, 5.41) is 11.0. The van der Waals surface area contributed by atoms with Gasteiger partial charge in [-0.3, -0.25) is 10.1 Å². The number of nitrogens with one attached hydrogen (secondary N) is 3. The number of anilines is 2. The Kier molecular flexibility index (Phi) is 5.47. The SMILES string of the molecule is Cc1ccsc1CNC(=O)c1ccc(NC(=O)Nc2ccccc2)s1. The summed E-state index contributed by atoms with van der Waals surface area (Å²) in [4.78, 5) is 25.9. The molecule has 128 valence electrons. The molecule has 0 fully saturated rings. The third-order valence-electron chi connectivity index (χ3n) is 3.48. The maximum absolute atomic E-state index is 12.2. The summed E-state index contributed by atoms with van der Waals surface area (Å²) < 4.78 is 0.